The molecule has 1 N–H and O–H groups in total. The van der Waals surface area contributed by atoms with Gasteiger partial charge in [0, 0.05) is 18.2 Å². The summed E-state index contributed by atoms with van der Waals surface area (Å²) in [5.41, 5.74) is 4.10. The highest BCUT2D eigenvalue weighted by Gasteiger charge is 2.17. The number of anilines is 1. The molecule has 174 valence electrons. The highest BCUT2D eigenvalue weighted by atomic mass is 32.2. The highest BCUT2D eigenvalue weighted by Crippen LogP contribution is 2.34. The van der Waals surface area contributed by atoms with E-state index in [1.54, 1.807) is 39.5 Å². The van der Waals surface area contributed by atoms with Crippen molar-refractivity contribution < 1.29 is 19.0 Å². The number of hydrogen-bond acceptors (Lipinski definition) is 7. The Labute approximate surface area is 202 Å². The Bertz CT molecular complexity index is 1240. The van der Waals surface area contributed by atoms with Gasteiger partial charge in [-0.25, -0.2) is 4.99 Å². The minimum absolute atomic E-state index is 0.139. The molecule has 0 aromatic heterocycles. The lowest BCUT2D eigenvalue weighted by molar-refractivity contribution is -0.113. The number of carbonyl (C=O) groups is 1. The van der Waals surface area contributed by atoms with Crippen LogP contribution in [0.4, 0.5) is 17.1 Å². The van der Waals surface area contributed by atoms with Gasteiger partial charge in [-0.3, -0.25) is 9.79 Å². The Morgan fingerprint density at radius 2 is 1.59 bits per heavy atom. The average molecular weight is 476 g/mol. The maximum Gasteiger partial charge on any atom is 0.234 e. The van der Waals surface area contributed by atoms with E-state index in [-0.39, 0.29) is 11.7 Å². The van der Waals surface area contributed by atoms with Crippen LogP contribution in [-0.2, 0) is 4.79 Å². The molecule has 0 spiro atoms. The number of methoxy groups -OCH3 is 3. The topological polar surface area (TPSA) is 81.5 Å². The SMILES string of the molecule is COc1ccc(C2=Nc3ccccc3N=C(SCC(=O)Nc3ccc(OC)c(OC)c3)C2)cc1. The Hall–Kier alpha value is -3.78. The minimum Gasteiger partial charge on any atom is -0.497 e. The van der Waals surface area contributed by atoms with E-state index < -0.39 is 0 Å². The molecule has 8 heteroatoms. The third-order valence-corrected chi connectivity index (χ3v) is 6.14. The monoisotopic (exact) mass is 475 g/mol. The number of carbonyl (C=O) groups excluding carboxylic acids is 1. The standard InChI is InChI=1S/C26H25N3O4S/c1-31-19-11-8-17(9-12-19)22-15-26(29-21-7-5-4-6-20(21)28-22)34-16-25(30)27-18-10-13-23(32-2)24(14-18)33-3/h4-14H,15-16H2,1-3H3,(H,27,30). The van der Waals surface area contributed by atoms with Crippen LogP contribution in [0.5, 0.6) is 17.2 Å². The number of para-hydroxylation sites is 2. The molecule has 0 atom stereocenters. The van der Waals surface area contributed by atoms with Crippen LogP contribution in [0.15, 0.2) is 76.7 Å². The smallest absolute Gasteiger partial charge is 0.234 e. The largest absolute Gasteiger partial charge is 0.497 e. The maximum atomic E-state index is 12.7. The second-order valence-electron chi connectivity index (χ2n) is 7.36. The summed E-state index contributed by atoms with van der Waals surface area (Å²) in [6.07, 6.45) is 0.523. The Morgan fingerprint density at radius 1 is 0.882 bits per heavy atom. The summed E-state index contributed by atoms with van der Waals surface area (Å²) >= 11 is 1.40. The molecule has 7 nitrogen and oxygen atoms in total. The number of thioether (sulfide) groups is 1. The Kier molecular flexibility index (Phi) is 7.49. The van der Waals surface area contributed by atoms with E-state index in [1.165, 1.54) is 11.8 Å². The lowest BCUT2D eigenvalue weighted by Gasteiger charge is -2.11. The zero-order valence-corrected chi connectivity index (χ0v) is 20.0. The van der Waals surface area contributed by atoms with Gasteiger partial charge in [-0.15, -0.1) is 11.8 Å². The molecule has 0 fully saturated rings. The van der Waals surface area contributed by atoms with Gasteiger partial charge in [0.05, 0.1) is 49.2 Å². The summed E-state index contributed by atoms with van der Waals surface area (Å²) in [5, 5.41) is 3.72. The van der Waals surface area contributed by atoms with Crippen LogP contribution >= 0.6 is 11.8 Å². The number of nitrogens with zero attached hydrogens (tertiary/aromatic N) is 2. The molecule has 0 saturated carbocycles. The van der Waals surface area contributed by atoms with E-state index >= 15 is 0 Å². The van der Waals surface area contributed by atoms with Gasteiger partial charge in [0.15, 0.2) is 11.5 Å². The first-order chi connectivity index (χ1) is 16.6. The molecule has 3 aromatic rings. The number of rotatable bonds is 7. The average Bonchev–Trinajstić information content (AvgIpc) is 3.06. The van der Waals surface area contributed by atoms with Crippen molar-refractivity contribution in [3.63, 3.8) is 0 Å². The molecule has 34 heavy (non-hydrogen) atoms. The van der Waals surface area contributed by atoms with E-state index in [2.05, 4.69) is 5.32 Å². The van der Waals surface area contributed by atoms with Crippen LogP contribution in [0.1, 0.15) is 12.0 Å². The summed E-state index contributed by atoms with van der Waals surface area (Å²) in [6, 6.07) is 20.8. The molecule has 0 bridgehead atoms. The first kappa shape index (κ1) is 23.4. The molecule has 0 aliphatic carbocycles. The molecule has 0 unspecified atom stereocenters. The van der Waals surface area contributed by atoms with Crippen LogP contribution in [0.3, 0.4) is 0 Å². The molecule has 1 heterocycles. The second-order valence-corrected chi connectivity index (χ2v) is 8.41. The normalized spacial score (nSPS) is 12.6. The molecule has 1 aliphatic rings. The van der Waals surface area contributed by atoms with Crippen molar-refractivity contribution >= 4 is 45.5 Å². The predicted molar refractivity (Wildman–Crippen MR) is 138 cm³/mol. The summed E-state index contributed by atoms with van der Waals surface area (Å²) in [7, 11) is 4.77. The van der Waals surface area contributed by atoms with Crippen LogP contribution in [0.25, 0.3) is 0 Å². The Balaban J connectivity index is 1.49. The number of nitrogens with one attached hydrogen (secondary N) is 1. The number of ether oxygens (including phenoxy) is 3. The third kappa shape index (κ3) is 5.58. The molecule has 1 aliphatic heterocycles. The fourth-order valence-electron chi connectivity index (χ4n) is 3.45. The van der Waals surface area contributed by atoms with E-state index in [1.807, 2.05) is 48.5 Å². The van der Waals surface area contributed by atoms with Crippen molar-refractivity contribution in [2.45, 2.75) is 6.42 Å². The van der Waals surface area contributed by atoms with Gasteiger partial charge in [0.1, 0.15) is 5.75 Å². The number of amides is 1. The molecular weight excluding hydrogens is 450 g/mol. The van der Waals surface area contributed by atoms with Gasteiger partial charge in [0.25, 0.3) is 0 Å². The van der Waals surface area contributed by atoms with Gasteiger partial charge in [-0.1, -0.05) is 12.1 Å². The van der Waals surface area contributed by atoms with Crippen LogP contribution in [0, 0.1) is 0 Å². The van der Waals surface area contributed by atoms with Crippen LogP contribution in [-0.4, -0.2) is 43.7 Å². The second kappa shape index (κ2) is 10.9. The summed E-state index contributed by atoms with van der Waals surface area (Å²) < 4.78 is 15.8. The fraction of sp³-hybridized carbons (Fsp3) is 0.192. The molecule has 1 amide bonds. The molecule has 0 radical (unpaired) electrons. The number of aliphatic imine (C=N–C) groups is 2. The van der Waals surface area contributed by atoms with E-state index in [0.717, 1.165) is 33.4 Å². The van der Waals surface area contributed by atoms with Crippen molar-refractivity contribution in [1.82, 2.24) is 0 Å². The third-order valence-electron chi connectivity index (χ3n) is 5.16. The molecule has 0 saturated heterocycles. The molecule has 4 rings (SSSR count). The fourth-order valence-corrected chi connectivity index (χ4v) is 4.22. The zero-order chi connectivity index (χ0) is 23.9. The Morgan fingerprint density at radius 3 is 2.26 bits per heavy atom. The van der Waals surface area contributed by atoms with E-state index in [9.17, 15) is 4.79 Å². The lowest BCUT2D eigenvalue weighted by Crippen LogP contribution is -2.16. The van der Waals surface area contributed by atoms with Crippen LogP contribution < -0.4 is 19.5 Å². The summed E-state index contributed by atoms with van der Waals surface area (Å²) in [6.45, 7) is 0. The maximum absolute atomic E-state index is 12.7. The van der Waals surface area contributed by atoms with Crippen molar-refractivity contribution in [3.8, 4) is 17.2 Å². The highest BCUT2D eigenvalue weighted by molar-refractivity contribution is 8.14. The van der Waals surface area contributed by atoms with Crippen LogP contribution in [0.2, 0.25) is 0 Å². The number of benzene rings is 3. The summed E-state index contributed by atoms with van der Waals surface area (Å²) in [5.74, 6) is 2.02. The lowest BCUT2D eigenvalue weighted by atomic mass is 10.1. The van der Waals surface area contributed by atoms with E-state index in [0.29, 0.717) is 23.6 Å². The summed E-state index contributed by atoms with van der Waals surface area (Å²) in [4.78, 5) is 22.3. The van der Waals surface area contributed by atoms with Crippen molar-refractivity contribution in [3.05, 3.63) is 72.3 Å². The predicted octanol–water partition coefficient (Wildman–Crippen LogP) is 5.64. The first-order valence-corrected chi connectivity index (χ1v) is 11.6. The molecular formula is C26H25N3O4S. The van der Waals surface area contributed by atoms with Crippen molar-refractivity contribution in [2.24, 2.45) is 9.98 Å². The molecule has 3 aromatic carbocycles. The van der Waals surface area contributed by atoms with Gasteiger partial charge in [0.2, 0.25) is 5.91 Å². The van der Waals surface area contributed by atoms with Gasteiger partial charge in [-0.2, -0.15) is 0 Å². The van der Waals surface area contributed by atoms with Gasteiger partial charge in [-0.05, 0) is 54.1 Å². The van der Waals surface area contributed by atoms with Gasteiger partial charge >= 0.3 is 0 Å². The number of hydrogen-bond donors (Lipinski definition) is 1. The van der Waals surface area contributed by atoms with Crippen molar-refractivity contribution in [1.29, 1.82) is 0 Å². The minimum atomic E-state index is -0.139. The number of fused-ring (bicyclic) bond motifs is 1. The van der Waals surface area contributed by atoms with E-state index in [4.69, 9.17) is 24.2 Å². The van der Waals surface area contributed by atoms with Crippen molar-refractivity contribution in [2.75, 3.05) is 32.4 Å². The first-order valence-electron chi connectivity index (χ1n) is 10.6. The zero-order valence-electron chi connectivity index (χ0n) is 19.2. The quantitative estimate of drug-likeness (QED) is 0.478. The van der Waals surface area contributed by atoms with Gasteiger partial charge < -0.3 is 19.5 Å².